The number of nitrogens with zero attached hydrogens (tertiary/aromatic N) is 1. The van der Waals surface area contributed by atoms with E-state index in [1.807, 2.05) is 32.2 Å². The van der Waals surface area contributed by atoms with E-state index in [0.29, 0.717) is 17.5 Å². The third-order valence-corrected chi connectivity index (χ3v) is 7.50. The number of amides is 1. The minimum atomic E-state index is -0.113. The van der Waals surface area contributed by atoms with Crippen LogP contribution < -0.4 is 15.4 Å². The monoisotopic (exact) mass is 481 g/mol. The zero-order valence-electron chi connectivity index (χ0n) is 23.4. The standard InChI is InChI=1S/C30H47N3O2/c1-10-16-35-28-15-14-26(23(6)24(28)7)19-33(9)27(20(3)11-2)18-29(31-8)32-30(34)25-13-12-21(4)22(5)17-25/h12-15,17,20,27,29,31H,10-11,16,18-19H2,1-9H3,(H,32,34). The molecule has 0 aromatic heterocycles. The molecule has 0 heterocycles. The Morgan fingerprint density at radius 2 is 1.74 bits per heavy atom. The molecule has 0 aliphatic heterocycles. The Bertz CT molecular complexity index is 972. The molecule has 5 nitrogen and oxygen atoms in total. The van der Waals surface area contributed by atoms with Crippen molar-refractivity contribution in [1.82, 2.24) is 15.5 Å². The van der Waals surface area contributed by atoms with Crippen LogP contribution in [0.25, 0.3) is 0 Å². The summed E-state index contributed by atoms with van der Waals surface area (Å²) < 4.78 is 5.92. The van der Waals surface area contributed by atoms with Gasteiger partial charge in [0, 0.05) is 18.2 Å². The molecule has 3 unspecified atom stereocenters. The maximum absolute atomic E-state index is 13.0. The van der Waals surface area contributed by atoms with Crippen LogP contribution in [0.3, 0.4) is 0 Å². The summed E-state index contributed by atoms with van der Waals surface area (Å²) in [5, 5.41) is 6.54. The van der Waals surface area contributed by atoms with Crippen molar-refractivity contribution in [1.29, 1.82) is 0 Å². The van der Waals surface area contributed by atoms with Crippen molar-refractivity contribution in [3.05, 3.63) is 63.7 Å². The van der Waals surface area contributed by atoms with Crippen LogP contribution >= 0.6 is 0 Å². The van der Waals surface area contributed by atoms with Gasteiger partial charge in [-0.25, -0.2) is 0 Å². The Hall–Kier alpha value is -2.37. The van der Waals surface area contributed by atoms with Crippen molar-refractivity contribution in [2.75, 3.05) is 20.7 Å². The number of nitrogens with one attached hydrogen (secondary N) is 2. The molecule has 2 aromatic rings. The molecule has 0 bridgehead atoms. The van der Waals surface area contributed by atoms with Crippen LogP contribution in [0.1, 0.15) is 78.2 Å². The summed E-state index contributed by atoms with van der Waals surface area (Å²) in [6.45, 7) is 16.7. The average Bonchev–Trinajstić information content (AvgIpc) is 2.84. The summed E-state index contributed by atoms with van der Waals surface area (Å²) in [5.74, 6) is 1.44. The first-order valence-electron chi connectivity index (χ1n) is 13.1. The smallest absolute Gasteiger partial charge is 0.252 e. The van der Waals surface area contributed by atoms with Crippen molar-refractivity contribution in [3.63, 3.8) is 0 Å². The lowest BCUT2D eigenvalue weighted by Crippen LogP contribution is -2.49. The van der Waals surface area contributed by atoms with E-state index in [0.717, 1.165) is 43.7 Å². The van der Waals surface area contributed by atoms with Crippen LogP contribution in [0.15, 0.2) is 30.3 Å². The number of carbonyl (C=O) groups excluding carboxylic acids is 1. The Labute approximate surface area is 213 Å². The molecule has 35 heavy (non-hydrogen) atoms. The fourth-order valence-corrected chi connectivity index (χ4v) is 4.51. The third kappa shape index (κ3) is 7.81. The lowest BCUT2D eigenvalue weighted by atomic mass is 9.92. The lowest BCUT2D eigenvalue weighted by molar-refractivity contribution is 0.0899. The lowest BCUT2D eigenvalue weighted by Gasteiger charge is -2.36. The molecular weight excluding hydrogens is 434 g/mol. The summed E-state index contributed by atoms with van der Waals surface area (Å²) in [6.07, 6.45) is 2.80. The molecule has 2 N–H and O–H groups in total. The van der Waals surface area contributed by atoms with Crippen LogP contribution in [0.4, 0.5) is 0 Å². The van der Waals surface area contributed by atoms with E-state index in [2.05, 4.69) is 76.3 Å². The number of rotatable bonds is 13. The summed E-state index contributed by atoms with van der Waals surface area (Å²) in [4.78, 5) is 15.4. The minimum Gasteiger partial charge on any atom is -0.493 e. The molecule has 5 heteroatoms. The van der Waals surface area contributed by atoms with Crippen molar-refractivity contribution in [3.8, 4) is 5.75 Å². The van der Waals surface area contributed by atoms with Crippen LogP contribution in [0, 0.1) is 33.6 Å². The molecule has 1 amide bonds. The van der Waals surface area contributed by atoms with E-state index in [4.69, 9.17) is 4.74 Å². The summed E-state index contributed by atoms with van der Waals surface area (Å²) in [5.41, 5.74) is 6.87. The fraction of sp³-hybridized carbons (Fsp3) is 0.567. The molecule has 0 saturated carbocycles. The molecule has 2 rings (SSSR count). The molecule has 3 atom stereocenters. The molecule has 194 valence electrons. The highest BCUT2D eigenvalue weighted by Crippen LogP contribution is 2.27. The van der Waals surface area contributed by atoms with E-state index >= 15 is 0 Å². The Morgan fingerprint density at radius 1 is 1.03 bits per heavy atom. The highest BCUT2D eigenvalue weighted by atomic mass is 16.5. The van der Waals surface area contributed by atoms with E-state index < -0.39 is 0 Å². The summed E-state index contributed by atoms with van der Waals surface area (Å²) >= 11 is 0. The number of hydrogen-bond donors (Lipinski definition) is 2. The predicted octanol–water partition coefficient (Wildman–Crippen LogP) is 5.92. The van der Waals surface area contributed by atoms with Gasteiger partial charge in [0.15, 0.2) is 0 Å². The Balaban J connectivity index is 2.15. The van der Waals surface area contributed by atoms with Gasteiger partial charge in [-0.1, -0.05) is 39.3 Å². The Kier molecular flexibility index (Phi) is 11.3. The van der Waals surface area contributed by atoms with E-state index in [1.54, 1.807) is 0 Å². The molecule has 0 spiro atoms. The van der Waals surface area contributed by atoms with Gasteiger partial charge in [-0.3, -0.25) is 9.69 Å². The van der Waals surface area contributed by atoms with Gasteiger partial charge in [0.2, 0.25) is 0 Å². The zero-order chi connectivity index (χ0) is 26.1. The van der Waals surface area contributed by atoms with Gasteiger partial charge in [-0.15, -0.1) is 0 Å². The molecule has 0 aliphatic carbocycles. The van der Waals surface area contributed by atoms with Crippen LogP contribution in [-0.4, -0.2) is 43.7 Å². The maximum Gasteiger partial charge on any atom is 0.252 e. The number of aryl methyl sites for hydroxylation is 2. The summed E-state index contributed by atoms with van der Waals surface area (Å²) in [7, 11) is 4.12. The van der Waals surface area contributed by atoms with E-state index in [1.165, 1.54) is 22.3 Å². The second-order valence-electron chi connectivity index (χ2n) is 10.0. The Morgan fingerprint density at radius 3 is 2.34 bits per heavy atom. The highest BCUT2D eigenvalue weighted by molar-refractivity contribution is 5.94. The number of carbonyl (C=O) groups is 1. The molecule has 0 fully saturated rings. The third-order valence-electron chi connectivity index (χ3n) is 7.50. The predicted molar refractivity (Wildman–Crippen MR) is 147 cm³/mol. The summed E-state index contributed by atoms with van der Waals surface area (Å²) in [6, 6.07) is 10.5. The molecule has 2 aromatic carbocycles. The number of ether oxygens (including phenoxy) is 1. The van der Waals surface area contributed by atoms with Gasteiger partial charge in [-0.2, -0.15) is 0 Å². The SMILES string of the molecule is CCCOc1ccc(CN(C)C(CC(NC)NC(=O)c2ccc(C)c(C)c2)C(C)CC)c(C)c1C. The second-order valence-corrected chi connectivity index (χ2v) is 10.0. The normalized spacial score (nSPS) is 14.0. The van der Waals surface area contributed by atoms with Crippen molar-refractivity contribution in [2.45, 2.75) is 86.5 Å². The van der Waals surface area contributed by atoms with Crippen LogP contribution in [0.5, 0.6) is 5.75 Å². The zero-order valence-corrected chi connectivity index (χ0v) is 23.4. The second kappa shape index (κ2) is 13.6. The topological polar surface area (TPSA) is 53.6 Å². The van der Waals surface area contributed by atoms with Crippen molar-refractivity contribution in [2.24, 2.45) is 5.92 Å². The number of benzene rings is 2. The molecular formula is C30H47N3O2. The highest BCUT2D eigenvalue weighted by Gasteiger charge is 2.26. The first-order valence-corrected chi connectivity index (χ1v) is 13.1. The quantitative estimate of drug-likeness (QED) is 0.349. The first-order chi connectivity index (χ1) is 16.6. The number of hydrogen-bond acceptors (Lipinski definition) is 4. The van der Waals surface area contributed by atoms with Crippen molar-refractivity contribution >= 4 is 5.91 Å². The minimum absolute atomic E-state index is 0.0351. The molecule has 0 saturated heterocycles. The molecule has 0 aliphatic rings. The van der Waals surface area contributed by atoms with Gasteiger partial charge in [-0.05, 0) is 107 Å². The van der Waals surface area contributed by atoms with Crippen LogP contribution in [0.2, 0.25) is 0 Å². The molecule has 0 radical (unpaired) electrons. The largest absolute Gasteiger partial charge is 0.493 e. The van der Waals surface area contributed by atoms with Gasteiger partial charge < -0.3 is 15.4 Å². The van der Waals surface area contributed by atoms with Gasteiger partial charge >= 0.3 is 0 Å². The van der Waals surface area contributed by atoms with Gasteiger partial charge in [0.05, 0.1) is 12.8 Å². The first kappa shape index (κ1) is 28.9. The van der Waals surface area contributed by atoms with Gasteiger partial charge in [0.25, 0.3) is 5.91 Å². The van der Waals surface area contributed by atoms with E-state index in [9.17, 15) is 4.79 Å². The average molecular weight is 482 g/mol. The van der Waals surface area contributed by atoms with Crippen LogP contribution in [-0.2, 0) is 6.54 Å². The van der Waals surface area contributed by atoms with Gasteiger partial charge in [0.1, 0.15) is 5.75 Å². The fourth-order valence-electron chi connectivity index (χ4n) is 4.51. The van der Waals surface area contributed by atoms with E-state index in [-0.39, 0.29) is 12.1 Å². The van der Waals surface area contributed by atoms with Crippen molar-refractivity contribution < 1.29 is 9.53 Å². The maximum atomic E-state index is 13.0.